The number of rotatable bonds is 4. The molecule has 0 saturated carbocycles. The van der Waals surface area contributed by atoms with E-state index >= 15 is 0 Å². The van der Waals surface area contributed by atoms with E-state index in [9.17, 15) is 9.59 Å². The van der Waals surface area contributed by atoms with Crippen LogP contribution in [0.1, 0.15) is 61.8 Å². The maximum atomic E-state index is 12.9. The van der Waals surface area contributed by atoms with Gasteiger partial charge in [-0.15, -0.1) is 0 Å². The van der Waals surface area contributed by atoms with Gasteiger partial charge in [-0.3, -0.25) is 9.59 Å². The zero-order valence-corrected chi connectivity index (χ0v) is 19.8. The van der Waals surface area contributed by atoms with Crippen LogP contribution in [0.5, 0.6) is 0 Å². The quantitative estimate of drug-likeness (QED) is 0.457. The number of aryl methyl sites for hydroxylation is 3. The highest BCUT2D eigenvalue weighted by molar-refractivity contribution is 9.10. The van der Waals surface area contributed by atoms with Gasteiger partial charge < -0.3 is 9.73 Å². The number of fused-ring (bicyclic) bond motifs is 1. The molecule has 2 amide bonds. The van der Waals surface area contributed by atoms with E-state index in [-0.39, 0.29) is 17.6 Å². The fourth-order valence-electron chi connectivity index (χ4n) is 3.87. The van der Waals surface area contributed by atoms with Crippen molar-refractivity contribution in [1.29, 1.82) is 0 Å². The molecule has 0 fully saturated rings. The number of halogens is 1. The average Bonchev–Trinajstić information content (AvgIpc) is 3.11. The number of hydrazone groups is 1. The van der Waals surface area contributed by atoms with Gasteiger partial charge in [-0.25, -0.2) is 5.43 Å². The number of carbonyl (C=O) groups excluding carboxylic acids is 2. The number of benzene rings is 2. The molecule has 32 heavy (non-hydrogen) atoms. The fraction of sp³-hybridized carbons (Fsp3) is 0.240. The number of anilines is 1. The van der Waals surface area contributed by atoms with E-state index in [2.05, 4.69) is 31.8 Å². The Bertz CT molecular complexity index is 1240. The van der Waals surface area contributed by atoms with Gasteiger partial charge in [-0.1, -0.05) is 23.8 Å². The van der Waals surface area contributed by atoms with Crippen molar-refractivity contribution >= 4 is 39.1 Å². The van der Waals surface area contributed by atoms with Gasteiger partial charge in [0.25, 0.3) is 11.8 Å². The van der Waals surface area contributed by atoms with E-state index in [4.69, 9.17) is 4.42 Å². The number of hydrogen-bond donors (Lipinski definition) is 2. The van der Waals surface area contributed by atoms with Crippen LogP contribution in [0.4, 0.5) is 5.69 Å². The number of hydrogen-bond acceptors (Lipinski definition) is 4. The third-order valence-electron chi connectivity index (χ3n) is 5.48. The number of nitrogens with zero attached hydrogens (tertiary/aromatic N) is 1. The molecule has 1 aliphatic carbocycles. The van der Waals surface area contributed by atoms with Crippen LogP contribution in [0.15, 0.2) is 56.5 Å². The van der Waals surface area contributed by atoms with Gasteiger partial charge in [0, 0.05) is 27.6 Å². The van der Waals surface area contributed by atoms with Gasteiger partial charge in [-0.05, 0) is 79.4 Å². The first-order chi connectivity index (χ1) is 15.3. The minimum atomic E-state index is -0.315. The highest BCUT2D eigenvalue weighted by Crippen LogP contribution is 2.31. The Morgan fingerprint density at radius 2 is 1.78 bits per heavy atom. The van der Waals surface area contributed by atoms with E-state index in [0.717, 1.165) is 51.0 Å². The summed E-state index contributed by atoms with van der Waals surface area (Å²) in [6.07, 6.45) is 2.26. The molecule has 3 aromatic rings. The van der Waals surface area contributed by atoms with Gasteiger partial charge in [0.2, 0.25) is 0 Å². The lowest BCUT2D eigenvalue weighted by molar-refractivity contribution is 0.0953. The summed E-state index contributed by atoms with van der Waals surface area (Å²) >= 11 is 3.49. The predicted molar refractivity (Wildman–Crippen MR) is 128 cm³/mol. The van der Waals surface area contributed by atoms with Crippen LogP contribution in [0.2, 0.25) is 0 Å². The normalized spacial score (nSPS) is 14.2. The number of amides is 2. The lowest BCUT2D eigenvalue weighted by Gasteiger charge is -2.13. The second kappa shape index (κ2) is 9.12. The Morgan fingerprint density at radius 3 is 2.53 bits per heavy atom. The van der Waals surface area contributed by atoms with E-state index in [1.54, 1.807) is 6.07 Å². The van der Waals surface area contributed by atoms with Crippen LogP contribution in [0, 0.1) is 20.8 Å². The van der Waals surface area contributed by atoms with Gasteiger partial charge in [-0.2, -0.15) is 5.10 Å². The van der Waals surface area contributed by atoms with Gasteiger partial charge in [0.1, 0.15) is 5.76 Å². The van der Waals surface area contributed by atoms with Crippen LogP contribution in [0.3, 0.4) is 0 Å². The maximum Gasteiger partial charge on any atom is 0.291 e. The van der Waals surface area contributed by atoms with Crippen LogP contribution < -0.4 is 10.7 Å². The molecule has 0 unspecified atom stereocenters. The van der Waals surface area contributed by atoms with E-state index in [1.165, 1.54) is 0 Å². The highest BCUT2D eigenvalue weighted by Gasteiger charge is 2.28. The van der Waals surface area contributed by atoms with Crippen molar-refractivity contribution < 1.29 is 14.0 Å². The van der Waals surface area contributed by atoms with E-state index in [1.807, 2.05) is 57.2 Å². The van der Waals surface area contributed by atoms with Crippen molar-refractivity contribution in [3.63, 3.8) is 0 Å². The summed E-state index contributed by atoms with van der Waals surface area (Å²) in [5.41, 5.74) is 8.25. The minimum Gasteiger partial charge on any atom is -0.455 e. The smallest absolute Gasteiger partial charge is 0.291 e. The standard InChI is InChI=1S/C25H24BrN3O3/c1-14-6-4-7-17(12-14)24(30)29-28-20-8-5-9-21-22(20)16(3)23(32-21)25(31)27-19-11-10-15(2)13-18(19)26/h4,6-7,10-13H,5,8-9H2,1-3H3,(H,27,31)(H,29,30)/b28-20+. The van der Waals surface area contributed by atoms with Crippen molar-refractivity contribution in [2.24, 2.45) is 5.10 Å². The molecular formula is C25H24BrN3O3. The summed E-state index contributed by atoms with van der Waals surface area (Å²) in [5.74, 6) is 0.411. The first-order valence-electron chi connectivity index (χ1n) is 10.5. The van der Waals surface area contributed by atoms with Crippen molar-refractivity contribution in [3.05, 3.63) is 86.3 Å². The molecule has 1 aromatic heterocycles. The van der Waals surface area contributed by atoms with Crippen LogP contribution in [-0.2, 0) is 6.42 Å². The van der Waals surface area contributed by atoms with Gasteiger partial charge in [0.05, 0.1) is 11.4 Å². The maximum absolute atomic E-state index is 12.9. The molecule has 1 heterocycles. The summed E-state index contributed by atoms with van der Waals surface area (Å²) in [7, 11) is 0. The summed E-state index contributed by atoms with van der Waals surface area (Å²) in [6.45, 7) is 5.77. The Labute approximate surface area is 195 Å². The van der Waals surface area contributed by atoms with Crippen LogP contribution >= 0.6 is 15.9 Å². The second-order valence-electron chi connectivity index (χ2n) is 8.01. The molecule has 1 aliphatic rings. The molecule has 2 N–H and O–H groups in total. The van der Waals surface area contributed by atoms with Crippen molar-refractivity contribution in [2.45, 2.75) is 40.0 Å². The Morgan fingerprint density at radius 1 is 1.00 bits per heavy atom. The molecule has 0 radical (unpaired) electrons. The molecule has 4 rings (SSSR count). The zero-order valence-electron chi connectivity index (χ0n) is 18.2. The number of carbonyl (C=O) groups is 2. The number of furan rings is 1. The third kappa shape index (κ3) is 4.53. The summed E-state index contributed by atoms with van der Waals surface area (Å²) in [5, 5.41) is 7.30. The minimum absolute atomic E-state index is 0.266. The monoisotopic (exact) mass is 493 g/mol. The SMILES string of the molecule is Cc1cccc(C(=O)N/N=C2\CCCc3oc(C(=O)Nc4ccc(C)cc4Br)c(C)c32)c1. The van der Waals surface area contributed by atoms with Gasteiger partial charge >= 0.3 is 0 Å². The third-order valence-corrected chi connectivity index (χ3v) is 6.13. The second-order valence-corrected chi connectivity index (χ2v) is 8.87. The molecule has 0 bridgehead atoms. The fourth-order valence-corrected chi connectivity index (χ4v) is 4.46. The summed E-state index contributed by atoms with van der Waals surface area (Å²) in [4.78, 5) is 25.4. The van der Waals surface area contributed by atoms with E-state index in [0.29, 0.717) is 17.7 Å². The molecule has 0 saturated heterocycles. The van der Waals surface area contributed by atoms with Crippen LogP contribution in [0.25, 0.3) is 0 Å². The molecule has 0 aliphatic heterocycles. The Balaban J connectivity index is 1.57. The van der Waals surface area contributed by atoms with E-state index < -0.39 is 0 Å². The average molecular weight is 494 g/mol. The first-order valence-corrected chi connectivity index (χ1v) is 11.3. The largest absolute Gasteiger partial charge is 0.455 e. The summed E-state index contributed by atoms with van der Waals surface area (Å²) in [6, 6.07) is 13.1. The predicted octanol–water partition coefficient (Wildman–Crippen LogP) is 5.69. The molecule has 0 spiro atoms. The molecule has 2 aromatic carbocycles. The molecule has 6 nitrogen and oxygen atoms in total. The lowest BCUT2D eigenvalue weighted by Crippen LogP contribution is -2.22. The number of nitrogens with one attached hydrogen (secondary N) is 2. The molecule has 7 heteroatoms. The van der Waals surface area contributed by atoms with Gasteiger partial charge in [0.15, 0.2) is 5.76 Å². The van der Waals surface area contributed by atoms with Crippen molar-refractivity contribution in [2.75, 3.05) is 5.32 Å². The molecule has 0 atom stereocenters. The van der Waals surface area contributed by atoms with Crippen molar-refractivity contribution in [1.82, 2.24) is 5.43 Å². The lowest BCUT2D eigenvalue weighted by atomic mass is 9.93. The zero-order chi connectivity index (χ0) is 22.8. The topological polar surface area (TPSA) is 83.7 Å². The van der Waals surface area contributed by atoms with Crippen LogP contribution in [-0.4, -0.2) is 17.5 Å². The Hall–Kier alpha value is -3.19. The first kappa shape index (κ1) is 22.0. The highest BCUT2D eigenvalue weighted by atomic mass is 79.9. The molecule has 164 valence electrons. The summed E-state index contributed by atoms with van der Waals surface area (Å²) < 4.78 is 6.76. The van der Waals surface area contributed by atoms with Crippen molar-refractivity contribution in [3.8, 4) is 0 Å². The Kier molecular flexibility index (Phi) is 6.28. The molecular weight excluding hydrogens is 470 g/mol.